The highest BCUT2D eigenvalue weighted by atomic mass is 16.3. The van der Waals surface area contributed by atoms with Gasteiger partial charge < -0.3 is 5.11 Å². The zero-order chi connectivity index (χ0) is 11.5. The maximum absolute atomic E-state index is 11.6. The van der Waals surface area contributed by atoms with E-state index in [1.54, 1.807) is 30.3 Å². The largest absolute Gasteiger partial charge is 0.383 e. The summed E-state index contributed by atoms with van der Waals surface area (Å²) in [7, 11) is 0. The standard InChI is InChI=1S/C12H14O3/c1-12(2,15)11(14)8-10(13)9-6-4-3-5-7-9/h3-7,15H,8H2,1-2H3. The molecule has 80 valence electrons. The van der Waals surface area contributed by atoms with Crippen LogP contribution in [0.5, 0.6) is 0 Å². The van der Waals surface area contributed by atoms with E-state index < -0.39 is 11.4 Å². The van der Waals surface area contributed by atoms with Crippen LogP contribution in [0.1, 0.15) is 30.6 Å². The maximum Gasteiger partial charge on any atom is 0.171 e. The first kappa shape index (κ1) is 11.6. The Balaban J connectivity index is 2.70. The third-order valence-electron chi connectivity index (χ3n) is 2.10. The van der Waals surface area contributed by atoms with Crippen LogP contribution >= 0.6 is 0 Å². The SMILES string of the molecule is CC(C)(O)C(=O)CC(=O)c1ccccc1. The summed E-state index contributed by atoms with van der Waals surface area (Å²) in [4.78, 5) is 22.9. The summed E-state index contributed by atoms with van der Waals surface area (Å²) in [5, 5.41) is 9.38. The van der Waals surface area contributed by atoms with Crippen LogP contribution in [0.2, 0.25) is 0 Å². The second-order valence-electron chi connectivity index (χ2n) is 3.95. The highest BCUT2D eigenvalue weighted by Gasteiger charge is 2.25. The highest BCUT2D eigenvalue weighted by Crippen LogP contribution is 2.10. The predicted octanol–water partition coefficient (Wildman–Crippen LogP) is 1.60. The van der Waals surface area contributed by atoms with Gasteiger partial charge in [0.15, 0.2) is 11.6 Å². The molecule has 1 N–H and O–H groups in total. The van der Waals surface area contributed by atoms with E-state index in [2.05, 4.69) is 0 Å². The first-order chi connectivity index (χ1) is 6.91. The smallest absolute Gasteiger partial charge is 0.171 e. The summed E-state index contributed by atoms with van der Waals surface area (Å²) in [5.41, 5.74) is -0.945. The second kappa shape index (κ2) is 4.36. The lowest BCUT2D eigenvalue weighted by Gasteiger charge is -2.14. The fourth-order valence-corrected chi connectivity index (χ4v) is 1.09. The van der Waals surface area contributed by atoms with E-state index in [9.17, 15) is 14.7 Å². The highest BCUT2D eigenvalue weighted by molar-refractivity contribution is 6.09. The summed E-state index contributed by atoms with van der Waals surface area (Å²) >= 11 is 0. The number of hydrogen-bond donors (Lipinski definition) is 1. The van der Waals surface area contributed by atoms with Gasteiger partial charge in [0.25, 0.3) is 0 Å². The molecule has 0 saturated carbocycles. The van der Waals surface area contributed by atoms with Gasteiger partial charge in [-0.25, -0.2) is 0 Å². The average molecular weight is 206 g/mol. The summed E-state index contributed by atoms with van der Waals surface area (Å²) in [6.45, 7) is 2.77. The monoisotopic (exact) mass is 206 g/mol. The molecule has 0 aliphatic rings. The van der Waals surface area contributed by atoms with Crippen molar-refractivity contribution >= 4 is 11.6 Å². The normalized spacial score (nSPS) is 11.1. The molecule has 3 nitrogen and oxygen atoms in total. The molecule has 0 bridgehead atoms. The molecule has 1 aromatic carbocycles. The van der Waals surface area contributed by atoms with Gasteiger partial charge in [-0.1, -0.05) is 30.3 Å². The minimum absolute atomic E-state index is 0.256. The van der Waals surface area contributed by atoms with Crippen molar-refractivity contribution in [2.45, 2.75) is 25.9 Å². The van der Waals surface area contributed by atoms with Gasteiger partial charge in [0, 0.05) is 5.56 Å². The zero-order valence-corrected chi connectivity index (χ0v) is 8.86. The van der Waals surface area contributed by atoms with Crippen molar-refractivity contribution in [1.29, 1.82) is 0 Å². The molecular weight excluding hydrogens is 192 g/mol. The minimum atomic E-state index is -1.44. The van der Waals surface area contributed by atoms with E-state index in [1.807, 2.05) is 0 Å². The van der Waals surface area contributed by atoms with Crippen molar-refractivity contribution in [3.05, 3.63) is 35.9 Å². The molecule has 0 saturated heterocycles. The summed E-state index contributed by atoms with van der Waals surface area (Å²) in [6.07, 6.45) is -0.256. The van der Waals surface area contributed by atoms with Crippen LogP contribution in [0, 0.1) is 0 Å². The number of rotatable bonds is 4. The molecule has 0 aliphatic carbocycles. The van der Waals surface area contributed by atoms with Gasteiger partial charge in [0.05, 0.1) is 6.42 Å². The van der Waals surface area contributed by atoms with Crippen molar-refractivity contribution in [2.24, 2.45) is 0 Å². The number of ketones is 2. The van der Waals surface area contributed by atoms with Gasteiger partial charge in [-0.15, -0.1) is 0 Å². The van der Waals surface area contributed by atoms with Crippen molar-refractivity contribution in [1.82, 2.24) is 0 Å². The van der Waals surface area contributed by atoms with Gasteiger partial charge in [-0.05, 0) is 13.8 Å². The summed E-state index contributed by atoms with van der Waals surface area (Å²) in [5.74, 6) is -0.723. The molecule has 0 aliphatic heterocycles. The molecule has 0 aromatic heterocycles. The number of Topliss-reactive ketones (excluding diaryl/α,β-unsaturated/α-hetero) is 2. The Kier molecular flexibility index (Phi) is 3.37. The minimum Gasteiger partial charge on any atom is -0.383 e. The predicted molar refractivity (Wildman–Crippen MR) is 56.7 cm³/mol. The van der Waals surface area contributed by atoms with E-state index in [-0.39, 0.29) is 12.2 Å². The van der Waals surface area contributed by atoms with Crippen LogP contribution in [0.15, 0.2) is 30.3 Å². The van der Waals surface area contributed by atoms with Gasteiger partial charge in [-0.3, -0.25) is 9.59 Å². The molecule has 0 fully saturated rings. The first-order valence-electron chi connectivity index (χ1n) is 4.75. The van der Waals surface area contributed by atoms with Crippen molar-refractivity contribution < 1.29 is 14.7 Å². The van der Waals surface area contributed by atoms with Gasteiger partial charge in [-0.2, -0.15) is 0 Å². The van der Waals surface area contributed by atoms with Crippen LogP contribution in [0.3, 0.4) is 0 Å². The van der Waals surface area contributed by atoms with Crippen LogP contribution in [0.25, 0.3) is 0 Å². The van der Waals surface area contributed by atoms with E-state index >= 15 is 0 Å². The lowest BCUT2D eigenvalue weighted by atomic mass is 9.96. The maximum atomic E-state index is 11.6. The lowest BCUT2D eigenvalue weighted by Crippen LogP contribution is -2.32. The Labute approximate surface area is 88.7 Å². The van der Waals surface area contributed by atoms with Crippen LogP contribution in [0.4, 0.5) is 0 Å². The van der Waals surface area contributed by atoms with E-state index in [0.717, 1.165) is 0 Å². The molecule has 3 heteroatoms. The topological polar surface area (TPSA) is 54.4 Å². The molecule has 1 rings (SSSR count). The number of benzene rings is 1. The van der Waals surface area contributed by atoms with Gasteiger partial charge in [0.1, 0.15) is 5.60 Å². The Morgan fingerprint density at radius 1 is 1.20 bits per heavy atom. The lowest BCUT2D eigenvalue weighted by molar-refractivity contribution is -0.133. The van der Waals surface area contributed by atoms with Crippen LogP contribution in [-0.4, -0.2) is 22.3 Å². The summed E-state index contributed by atoms with van der Waals surface area (Å²) in [6, 6.07) is 8.58. The molecule has 0 spiro atoms. The quantitative estimate of drug-likeness (QED) is 0.601. The van der Waals surface area contributed by atoms with Crippen molar-refractivity contribution in [3.8, 4) is 0 Å². The Bertz CT molecular complexity index is 360. The average Bonchev–Trinajstić information content (AvgIpc) is 2.17. The van der Waals surface area contributed by atoms with E-state index in [4.69, 9.17) is 0 Å². The van der Waals surface area contributed by atoms with E-state index in [1.165, 1.54) is 13.8 Å². The number of carbonyl (C=O) groups is 2. The van der Waals surface area contributed by atoms with Crippen LogP contribution in [-0.2, 0) is 4.79 Å². The van der Waals surface area contributed by atoms with Gasteiger partial charge in [0.2, 0.25) is 0 Å². The Morgan fingerprint density at radius 2 is 1.73 bits per heavy atom. The molecule has 0 unspecified atom stereocenters. The third kappa shape index (κ3) is 3.29. The van der Waals surface area contributed by atoms with E-state index in [0.29, 0.717) is 5.56 Å². The van der Waals surface area contributed by atoms with Crippen LogP contribution < -0.4 is 0 Å². The third-order valence-corrected chi connectivity index (χ3v) is 2.10. The van der Waals surface area contributed by atoms with Crippen molar-refractivity contribution in [3.63, 3.8) is 0 Å². The molecule has 0 radical (unpaired) electrons. The molecular formula is C12H14O3. The number of carbonyl (C=O) groups excluding carboxylic acids is 2. The van der Waals surface area contributed by atoms with Gasteiger partial charge >= 0.3 is 0 Å². The molecule has 1 aromatic rings. The summed E-state index contributed by atoms with van der Waals surface area (Å²) < 4.78 is 0. The molecule has 0 amide bonds. The number of hydrogen-bond acceptors (Lipinski definition) is 3. The zero-order valence-electron chi connectivity index (χ0n) is 8.86. The Hall–Kier alpha value is -1.48. The second-order valence-corrected chi connectivity index (χ2v) is 3.95. The van der Waals surface area contributed by atoms with Crippen molar-refractivity contribution in [2.75, 3.05) is 0 Å². The number of aliphatic hydroxyl groups is 1. The fraction of sp³-hybridized carbons (Fsp3) is 0.333. The Morgan fingerprint density at radius 3 is 2.20 bits per heavy atom. The first-order valence-corrected chi connectivity index (χ1v) is 4.75. The fourth-order valence-electron chi connectivity index (χ4n) is 1.09. The molecule has 0 heterocycles. The molecule has 0 atom stereocenters. The molecule has 15 heavy (non-hydrogen) atoms.